The van der Waals surface area contributed by atoms with Gasteiger partial charge < -0.3 is 19.9 Å². The molecular weight excluding hydrogens is 683 g/mol. The Morgan fingerprint density at radius 3 is 2.56 bits per heavy atom. The zero-order valence-electron chi connectivity index (χ0n) is 30.4. The molecule has 0 saturated carbocycles. The van der Waals surface area contributed by atoms with Gasteiger partial charge in [0.2, 0.25) is 0 Å². The zero-order chi connectivity index (χ0) is 37.2. The summed E-state index contributed by atoms with van der Waals surface area (Å²) in [6.45, 7) is 13.2. The van der Waals surface area contributed by atoms with Crippen molar-refractivity contribution < 1.29 is 28.5 Å². The van der Waals surface area contributed by atoms with Crippen molar-refractivity contribution in [2.75, 3.05) is 19.8 Å². The summed E-state index contributed by atoms with van der Waals surface area (Å²) in [5.41, 5.74) is 5.84. The molecule has 3 heterocycles. The van der Waals surface area contributed by atoms with E-state index in [1.807, 2.05) is 64.4 Å². The molecule has 0 bridgehead atoms. The minimum absolute atomic E-state index is 0.0470. The molecule has 1 aliphatic rings. The molecule has 3 aromatic carbocycles. The van der Waals surface area contributed by atoms with Crippen molar-refractivity contribution in [1.29, 1.82) is 0 Å². The van der Waals surface area contributed by atoms with Crippen LogP contribution in [0, 0.1) is 13.8 Å². The highest BCUT2D eigenvalue weighted by atomic mass is 32.3. The monoisotopic (exact) mass is 729 g/mol. The average molecular weight is 730 g/mol. The standard InChI is InChI=1S/C38H47N7O6S/c1-7-29-23-44(52(48,49)33-12-10-9-11-32(33)51-29)22-27-19-26(14-13-24(27)3)34(30-15-16-31-35(25(30)4)42-43-45(31)8-2)38(5,6)41-36(47)28-20-39-37(40-21-28)50-18-17-46/h9-16,19-21,29,34,46,48-49H,7-8,17-18,22-23H2,1-6H3,(H,41,47)/t29?,34-/m0/s1. The number of fused-ring (bicyclic) bond motifs is 2. The smallest absolute Gasteiger partial charge is 0.316 e. The molecule has 0 spiro atoms. The number of hydrogen-bond donors (Lipinski definition) is 4. The number of aryl methyl sites for hydroxylation is 3. The van der Waals surface area contributed by atoms with Gasteiger partial charge in [0.1, 0.15) is 28.9 Å². The molecule has 6 rings (SSSR count). The molecule has 2 aromatic heterocycles. The van der Waals surface area contributed by atoms with Crippen LogP contribution in [-0.4, -0.2) is 80.8 Å². The molecule has 1 aliphatic heterocycles. The average Bonchev–Trinajstić information content (AvgIpc) is 3.52. The van der Waals surface area contributed by atoms with Gasteiger partial charge >= 0.3 is 6.01 Å². The zero-order valence-corrected chi connectivity index (χ0v) is 31.2. The summed E-state index contributed by atoms with van der Waals surface area (Å²) in [5.74, 6) is -0.255. The molecule has 52 heavy (non-hydrogen) atoms. The van der Waals surface area contributed by atoms with Crippen molar-refractivity contribution in [3.8, 4) is 11.8 Å². The molecule has 276 valence electrons. The lowest BCUT2D eigenvalue weighted by atomic mass is 9.74. The number of aliphatic hydroxyl groups is 1. The summed E-state index contributed by atoms with van der Waals surface area (Å²) in [7, 11) is -3.38. The number of amides is 1. The molecule has 1 amide bonds. The molecule has 1 unspecified atom stereocenters. The van der Waals surface area contributed by atoms with Gasteiger partial charge in [-0.05, 0) is 87.1 Å². The minimum Gasteiger partial charge on any atom is -0.487 e. The highest BCUT2D eigenvalue weighted by Crippen LogP contribution is 2.57. The maximum Gasteiger partial charge on any atom is 0.316 e. The van der Waals surface area contributed by atoms with Crippen molar-refractivity contribution in [3.05, 3.63) is 100 Å². The number of benzene rings is 3. The van der Waals surface area contributed by atoms with Gasteiger partial charge in [-0.15, -0.1) is 15.9 Å². The van der Waals surface area contributed by atoms with E-state index < -0.39 is 16.3 Å². The van der Waals surface area contributed by atoms with Gasteiger partial charge in [0.25, 0.3) is 5.91 Å². The van der Waals surface area contributed by atoms with E-state index in [4.69, 9.17) is 14.6 Å². The predicted octanol–water partition coefficient (Wildman–Crippen LogP) is 6.27. The first-order valence-electron chi connectivity index (χ1n) is 17.5. The maximum atomic E-state index is 13.8. The maximum absolute atomic E-state index is 13.8. The van der Waals surface area contributed by atoms with Crippen LogP contribution in [-0.2, 0) is 13.1 Å². The molecule has 0 saturated heterocycles. The van der Waals surface area contributed by atoms with Crippen LogP contribution in [0.2, 0.25) is 0 Å². The van der Waals surface area contributed by atoms with Gasteiger partial charge in [0.05, 0.1) is 24.2 Å². The first-order chi connectivity index (χ1) is 24.9. The third-order valence-corrected chi connectivity index (χ3v) is 11.6. The van der Waals surface area contributed by atoms with E-state index in [-0.39, 0.29) is 49.3 Å². The number of aliphatic hydroxyl groups excluding tert-OH is 1. The van der Waals surface area contributed by atoms with Crippen LogP contribution < -0.4 is 14.8 Å². The van der Waals surface area contributed by atoms with Crippen LogP contribution in [0.5, 0.6) is 11.8 Å². The first kappa shape index (κ1) is 37.2. The number of aromatic nitrogens is 5. The quantitative estimate of drug-likeness (QED) is 0.114. The van der Waals surface area contributed by atoms with Gasteiger partial charge in [0.15, 0.2) is 0 Å². The first-order valence-corrected chi connectivity index (χ1v) is 19.0. The van der Waals surface area contributed by atoms with Gasteiger partial charge in [-0.25, -0.2) is 14.6 Å². The Hall–Kier alpha value is -4.60. The van der Waals surface area contributed by atoms with E-state index >= 15 is 0 Å². The largest absolute Gasteiger partial charge is 0.487 e. The van der Waals surface area contributed by atoms with E-state index in [0.29, 0.717) is 30.2 Å². The van der Waals surface area contributed by atoms with Crippen molar-refractivity contribution in [2.45, 2.75) is 83.5 Å². The molecule has 0 fully saturated rings. The lowest BCUT2D eigenvalue weighted by Crippen LogP contribution is -2.48. The fourth-order valence-electron chi connectivity index (χ4n) is 6.86. The normalized spacial score (nSPS) is 17.1. The summed E-state index contributed by atoms with van der Waals surface area (Å²) < 4.78 is 38.6. The summed E-state index contributed by atoms with van der Waals surface area (Å²) in [4.78, 5) is 22.4. The Morgan fingerprint density at radius 1 is 1.10 bits per heavy atom. The topological polar surface area (TPSA) is 168 Å². The molecule has 0 radical (unpaired) electrons. The third-order valence-electron chi connectivity index (χ3n) is 9.68. The number of nitrogens with one attached hydrogen (secondary N) is 1. The van der Waals surface area contributed by atoms with Crippen LogP contribution in [0.25, 0.3) is 11.0 Å². The minimum atomic E-state index is -3.38. The van der Waals surface area contributed by atoms with Crippen molar-refractivity contribution in [1.82, 2.24) is 34.6 Å². The summed E-state index contributed by atoms with van der Waals surface area (Å²) in [6, 6.07) is 17.5. The third kappa shape index (κ3) is 7.34. The van der Waals surface area contributed by atoms with E-state index in [0.717, 1.165) is 38.9 Å². The molecule has 0 aliphatic carbocycles. The van der Waals surface area contributed by atoms with E-state index in [1.165, 1.54) is 12.4 Å². The van der Waals surface area contributed by atoms with Crippen LogP contribution in [0.4, 0.5) is 0 Å². The Kier molecular flexibility index (Phi) is 10.8. The summed E-state index contributed by atoms with van der Waals surface area (Å²) >= 11 is 0. The predicted molar refractivity (Wildman–Crippen MR) is 200 cm³/mol. The fraction of sp³-hybridized carbons (Fsp3) is 0.395. The number of carbonyl (C=O) groups is 1. The number of ether oxygens (including phenoxy) is 2. The van der Waals surface area contributed by atoms with Crippen molar-refractivity contribution in [2.24, 2.45) is 0 Å². The molecule has 14 heteroatoms. The van der Waals surface area contributed by atoms with Crippen LogP contribution in [0.1, 0.15) is 78.2 Å². The van der Waals surface area contributed by atoms with Crippen molar-refractivity contribution >= 4 is 27.7 Å². The second kappa shape index (κ2) is 15.2. The fourth-order valence-corrected chi connectivity index (χ4v) is 8.47. The van der Waals surface area contributed by atoms with E-state index in [9.17, 15) is 13.9 Å². The van der Waals surface area contributed by atoms with Crippen molar-refractivity contribution in [3.63, 3.8) is 0 Å². The molecule has 2 atom stereocenters. The molecular formula is C38H47N7O6S. The van der Waals surface area contributed by atoms with Crippen LogP contribution >= 0.6 is 10.8 Å². The Morgan fingerprint density at radius 2 is 1.85 bits per heavy atom. The number of nitrogens with zero attached hydrogens (tertiary/aromatic N) is 6. The van der Waals surface area contributed by atoms with E-state index in [2.05, 4.69) is 43.8 Å². The highest BCUT2D eigenvalue weighted by Gasteiger charge is 2.38. The SMILES string of the molecule is CCC1CN(Cc2cc([C@@H](c3ccc4c(nnn4CC)c3C)C(C)(C)NC(=O)c3cnc(OCCO)nc3)ccc2C)S(O)(O)c2ccccc2O1. The molecule has 5 aromatic rings. The lowest BCUT2D eigenvalue weighted by molar-refractivity contribution is 0.0904. The van der Waals surface area contributed by atoms with Gasteiger partial charge in [-0.2, -0.15) is 4.31 Å². The molecule has 4 N–H and O–H groups in total. The second-order valence-electron chi connectivity index (χ2n) is 13.6. The Bertz CT molecular complexity index is 2050. The molecule has 13 nitrogen and oxygen atoms in total. The number of para-hydroxylation sites is 1. The van der Waals surface area contributed by atoms with Gasteiger partial charge in [-0.3, -0.25) is 13.9 Å². The van der Waals surface area contributed by atoms with Crippen LogP contribution in [0.3, 0.4) is 0 Å². The Labute approximate surface area is 305 Å². The number of hydrogen-bond acceptors (Lipinski definition) is 11. The summed E-state index contributed by atoms with van der Waals surface area (Å²) in [6.07, 6.45) is 3.26. The van der Waals surface area contributed by atoms with Crippen LogP contribution in [0.15, 0.2) is 71.9 Å². The number of carbonyl (C=O) groups excluding carboxylic acids is 1. The highest BCUT2D eigenvalue weighted by molar-refractivity contribution is 8.22. The van der Waals surface area contributed by atoms with Gasteiger partial charge in [-0.1, -0.05) is 48.5 Å². The van der Waals surface area contributed by atoms with E-state index in [1.54, 1.807) is 22.5 Å². The Balaban J connectivity index is 1.41. The number of rotatable bonds is 12. The summed E-state index contributed by atoms with van der Waals surface area (Å²) in [5, 5.41) is 21.2. The van der Waals surface area contributed by atoms with Gasteiger partial charge in [0, 0.05) is 36.9 Å². The second-order valence-corrected chi connectivity index (χ2v) is 15.6. The lowest BCUT2D eigenvalue weighted by Gasteiger charge is -2.42.